The molecule has 1 atom stereocenters. The van der Waals surface area contributed by atoms with Gasteiger partial charge in [0.15, 0.2) is 0 Å². The summed E-state index contributed by atoms with van der Waals surface area (Å²) in [6.07, 6.45) is 1.02. The third-order valence-electron chi connectivity index (χ3n) is 1.85. The molecule has 1 aromatic rings. The molecule has 0 aliphatic carbocycles. The third kappa shape index (κ3) is 2.55. The van der Waals surface area contributed by atoms with Gasteiger partial charge in [-0.3, -0.25) is 0 Å². The van der Waals surface area contributed by atoms with Crippen LogP contribution in [0.1, 0.15) is 30.3 Å². The summed E-state index contributed by atoms with van der Waals surface area (Å²) in [7, 11) is 0. The molecule has 0 saturated carbocycles. The number of thiophene rings is 1. The predicted octanol–water partition coefficient (Wildman–Crippen LogP) is 2.47. The van der Waals surface area contributed by atoms with Crippen LogP contribution in [0.4, 0.5) is 0 Å². The molecule has 1 aromatic heterocycles. The fourth-order valence-corrected chi connectivity index (χ4v) is 2.37. The van der Waals surface area contributed by atoms with E-state index in [1.54, 1.807) is 11.3 Å². The Morgan fingerprint density at radius 1 is 1.62 bits per heavy atom. The van der Waals surface area contributed by atoms with Crippen LogP contribution in [-0.2, 0) is 6.42 Å². The lowest BCUT2D eigenvalue weighted by atomic mass is 10.0. The Hall–Kier alpha value is -0.850. The lowest BCUT2D eigenvalue weighted by Crippen LogP contribution is -2.09. The molecule has 0 amide bonds. The van der Waals surface area contributed by atoms with E-state index in [4.69, 9.17) is 11.0 Å². The first-order valence-corrected chi connectivity index (χ1v) is 5.24. The van der Waals surface area contributed by atoms with E-state index >= 15 is 0 Å². The molecule has 0 aromatic carbocycles. The van der Waals surface area contributed by atoms with Crippen LogP contribution in [0.15, 0.2) is 11.4 Å². The first kappa shape index (κ1) is 10.2. The summed E-state index contributed by atoms with van der Waals surface area (Å²) in [5, 5.41) is 10.7. The van der Waals surface area contributed by atoms with Gasteiger partial charge in [0, 0.05) is 4.88 Å². The molecule has 2 N–H and O–H groups in total. The van der Waals surface area contributed by atoms with Crippen LogP contribution in [0.5, 0.6) is 0 Å². The highest BCUT2D eigenvalue weighted by Crippen LogP contribution is 2.24. The van der Waals surface area contributed by atoms with E-state index < -0.39 is 6.04 Å². The molecule has 0 fully saturated rings. The van der Waals surface area contributed by atoms with Crippen molar-refractivity contribution in [2.24, 2.45) is 11.7 Å². The fraction of sp³-hybridized carbons (Fsp3) is 0.500. The topological polar surface area (TPSA) is 49.8 Å². The Balaban J connectivity index is 2.84. The minimum atomic E-state index is -0.458. The average Bonchev–Trinajstić information content (AvgIpc) is 2.50. The molecular formula is C10H14N2S. The molecule has 3 heteroatoms. The van der Waals surface area contributed by atoms with Gasteiger partial charge in [-0.25, -0.2) is 0 Å². The first-order chi connectivity index (χ1) is 6.15. The molecule has 0 bridgehead atoms. The molecule has 1 heterocycles. The van der Waals surface area contributed by atoms with E-state index in [9.17, 15) is 0 Å². The molecular weight excluding hydrogens is 180 g/mol. The van der Waals surface area contributed by atoms with E-state index in [1.807, 2.05) is 11.4 Å². The normalized spacial score (nSPS) is 12.8. The van der Waals surface area contributed by atoms with Crippen molar-refractivity contribution in [3.63, 3.8) is 0 Å². The van der Waals surface area contributed by atoms with Crippen molar-refractivity contribution in [2.75, 3.05) is 0 Å². The van der Waals surface area contributed by atoms with Gasteiger partial charge in [-0.2, -0.15) is 5.26 Å². The molecule has 2 nitrogen and oxygen atoms in total. The zero-order valence-electron chi connectivity index (χ0n) is 7.95. The molecule has 0 saturated heterocycles. The van der Waals surface area contributed by atoms with Crippen LogP contribution in [0.3, 0.4) is 0 Å². The summed E-state index contributed by atoms with van der Waals surface area (Å²) in [4.78, 5) is 1.25. The molecule has 0 spiro atoms. The highest BCUT2D eigenvalue weighted by atomic mass is 32.1. The molecule has 70 valence electrons. The zero-order valence-corrected chi connectivity index (χ0v) is 8.77. The quantitative estimate of drug-likeness (QED) is 0.803. The standard InChI is InChI=1S/C10H14N2S/c1-7(2)5-10-8(3-4-13-10)9(12)6-11/h3-4,7,9H,5,12H2,1-2H3. The molecule has 0 aliphatic heterocycles. The largest absolute Gasteiger partial charge is 0.312 e. The zero-order chi connectivity index (χ0) is 9.84. The number of nitrogens with two attached hydrogens (primary N) is 1. The summed E-state index contributed by atoms with van der Waals surface area (Å²) in [6, 6.07) is 3.56. The number of nitrogens with zero attached hydrogens (tertiary/aromatic N) is 1. The second-order valence-electron chi connectivity index (χ2n) is 3.50. The Bertz CT molecular complexity index is 309. The first-order valence-electron chi connectivity index (χ1n) is 4.36. The van der Waals surface area contributed by atoms with Crippen molar-refractivity contribution < 1.29 is 0 Å². The summed E-state index contributed by atoms with van der Waals surface area (Å²) >= 11 is 1.69. The van der Waals surface area contributed by atoms with E-state index in [1.165, 1.54) is 4.88 Å². The van der Waals surface area contributed by atoms with Gasteiger partial charge in [0.2, 0.25) is 0 Å². The second-order valence-corrected chi connectivity index (χ2v) is 4.50. The number of rotatable bonds is 3. The van der Waals surface area contributed by atoms with Crippen LogP contribution < -0.4 is 5.73 Å². The number of nitriles is 1. The van der Waals surface area contributed by atoms with Gasteiger partial charge in [-0.1, -0.05) is 13.8 Å². The van der Waals surface area contributed by atoms with Gasteiger partial charge < -0.3 is 5.73 Å². The average molecular weight is 194 g/mol. The van der Waals surface area contributed by atoms with Crippen molar-refractivity contribution in [3.05, 3.63) is 21.9 Å². The highest BCUT2D eigenvalue weighted by molar-refractivity contribution is 7.10. The molecule has 0 aliphatic rings. The van der Waals surface area contributed by atoms with E-state index in [0.717, 1.165) is 12.0 Å². The maximum Gasteiger partial charge on any atom is 0.119 e. The Morgan fingerprint density at radius 3 is 2.85 bits per heavy atom. The lowest BCUT2D eigenvalue weighted by Gasteiger charge is -2.07. The summed E-state index contributed by atoms with van der Waals surface area (Å²) in [5.41, 5.74) is 6.66. The van der Waals surface area contributed by atoms with Gasteiger partial charge in [-0.15, -0.1) is 11.3 Å². The van der Waals surface area contributed by atoms with E-state index in [-0.39, 0.29) is 0 Å². The Kier molecular flexibility index (Phi) is 3.47. The maximum absolute atomic E-state index is 8.69. The minimum absolute atomic E-state index is 0.458. The smallest absolute Gasteiger partial charge is 0.119 e. The van der Waals surface area contributed by atoms with Crippen LogP contribution in [-0.4, -0.2) is 0 Å². The summed E-state index contributed by atoms with van der Waals surface area (Å²) in [6.45, 7) is 4.34. The lowest BCUT2D eigenvalue weighted by molar-refractivity contribution is 0.648. The van der Waals surface area contributed by atoms with Crippen molar-refractivity contribution in [3.8, 4) is 6.07 Å². The SMILES string of the molecule is CC(C)Cc1sccc1C(N)C#N. The van der Waals surface area contributed by atoms with Gasteiger partial charge in [0.1, 0.15) is 6.04 Å². The van der Waals surface area contributed by atoms with Crippen LogP contribution in [0.25, 0.3) is 0 Å². The minimum Gasteiger partial charge on any atom is -0.312 e. The highest BCUT2D eigenvalue weighted by Gasteiger charge is 2.12. The number of hydrogen-bond donors (Lipinski definition) is 1. The number of hydrogen-bond acceptors (Lipinski definition) is 3. The van der Waals surface area contributed by atoms with Crippen LogP contribution in [0.2, 0.25) is 0 Å². The summed E-state index contributed by atoms with van der Waals surface area (Å²) < 4.78 is 0. The van der Waals surface area contributed by atoms with Gasteiger partial charge >= 0.3 is 0 Å². The van der Waals surface area contributed by atoms with Crippen LogP contribution >= 0.6 is 11.3 Å². The fourth-order valence-electron chi connectivity index (χ4n) is 1.23. The second kappa shape index (κ2) is 4.40. The molecule has 13 heavy (non-hydrogen) atoms. The monoisotopic (exact) mass is 194 g/mol. The van der Waals surface area contributed by atoms with Crippen LogP contribution in [0, 0.1) is 17.2 Å². The van der Waals surface area contributed by atoms with E-state index in [0.29, 0.717) is 5.92 Å². The van der Waals surface area contributed by atoms with Gasteiger partial charge in [0.25, 0.3) is 0 Å². The molecule has 0 radical (unpaired) electrons. The molecule has 1 unspecified atom stereocenters. The Labute approximate surface area is 83.0 Å². The van der Waals surface area contributed by atoms with Crippen molar-refractivity contribution >= 4 is 11.3 Å². The van der Waals surface area contributed by atoms with Crippen molar-refractivity contribution in [1.82, 2.24) is 0 Å². The molecule has 1 rings (SSSR count). The summed E-state index contributed by atoms with van der Waals surface area (Å²) in [5.74, 6) is 0.614. The van der Waals surface area contributed by atoms with Gasteiger partial charge in [0.05, 0.1) is 6.07 Å². The van der Waals surface area contributed by atoms with Crippen molar-refractivity contribution in [1.29, 1.82) is 5.26 Å². The maximum atomic E-state index is 8.69. The predicted molar refractivity (Wildman–Crippen MR) is 55.4 cm³/mol. The Morgan fingerprint density at radius 2 is 2.31 bits per heavy atom. The third-order valence-corrected chi connectivity index (χ3v) is 2.81. The van der Waals surface area contributed by atoms with Crippen molar-refractivity contribution in [2.45, 2.75) is 26.3 Å². The van der Waals surface area contributed by atoms with Gasteiger partial charge in [-0.05, 0) is 29.3 Å². The van der Waals surface area contributed by atoms with E-state index in [2.05, 4.69) is 19.9 Å².